The van der Waals surface area contributed by atoms with Gasteiger partial charge in [-0.15, -0.1) is 0 Å². The number of aliphatic hydroxyl groups is 1. The van der Waals surface area contributed by atoms with Crippen molar-refractivity contribution in [3.8, 4) is 5.75 Å². The molecule has 4 aromatic rings. The Morgan fingerprint density at radius 1 is 1.00 bits per heavy atom. The van der Waals surface area contributed by atoms with Crippen LogP contribution in [0.25, 0.3) is 10.4 Å². The maximum atomic E-state index is 14.5. The largest absolute Gasteiger partial charge is 0.494 e. The highest BCUT2D eigenvalue weighted by molar-refractivity contribution is 7.91. The number of rotatable bonds is 14. The van der Waals surface area contributed by atoms with E-state index in [2.05, 4.69) is 15.3 Å². The molecular formula is C35H32F3N5O6S. The van der Waals surface area contributed by atoms with Crippen molar-refractivity contribution in [2.45, 2.75) is 42.1 Å². The lowest BCUT2D eigenvalue weighted by Gasteiger charge is -2.31. The van der Waals surface area contributed by atoms with Gasteiger partial charge in [0.1, 0.15) is 5.75 Å². The molecule has 5 rings (SSSR count). The summed E-state index contributed by atoms with van der Waals surface area (Å²) in [6.45, 7) is -0.341. The average molecular weight is 708 g/mol. The van der Waals surface area contributed by atoms with Crippen LogP contribution < -0.4 is 10.1 Å². The second-order valence-electron chi connectivity index (χ2n) is 11.3. The molecule has 0 aromatic heterocycles. The van der Waals surface area contributed by atoms with E-state index < -0.39 is 57.8 Å². The number of carbonyl (C=O) groups is 1. The van der Waals surface area contributed by atoms with Gasteiger partial charge < -0.3 is 19.9 Å². The zero-order valence-electron chi connectivity index (χ0n) is 26.5. The molecule has 0 radical (unpaired) electrons. The minimum absolute atomic E-state index is 0.000554. The summed E-state index contributed by atoms with van der Waals surface area (Å²) in [6.07, 6.45) is -6.11. The molecule has 0 saturated heterocycles. The lowest BCUT2D eigenvalue weighted by atomic mass is 9.84. The Kier molecular flexibility index (Phi) is 11.1. The molecule has 2 N–H and O–H groups in total. The van der Waals surface area contributed by atoms with E-state index in [-0.39, 0.29) is 40.8 Å². The number of alkyl halides is 3. The first-order valence-electron chi connectivity index (χ1n) is 15.4. The molecule has 11 nitrogen and oxygen atoms in total. The van der Waals surface area contributed by atoms with Crippen LogP contribution in [0.2, 0.25) is 0 Å². The summed E-state index contributed by atoms with van der Waals surface area (Å²) >= 11 is 0. The number of benzene rings is 4. The zero-order chi connectivity index (χ0) is 35.8. The number of carbonyl (C=O) groups excluding carboxylic acids is 1. The third kappa shape index (κ3) is 8.08. The summed E-state index contributed by atoms with van der Waals surface area (Å²) in [6, 6.07) is 25.0. The van der Waals surface area contributed by atoms with Gasteiger partial charge in [-0.3, -0.25) is 4.79 Å². The fourth-order valence-corrected chi connectivity index (χ4v) is 6.90. The van der Waals surface area contributed by atoms with Crippen LogP contribution in [0.1, 0.15) is 41.2 Å². The second-order valence-corrected chi connectivity index (χ2v) is 13.4. The van der Waals surface area contributed by atoms with Gasteiger partial charge in [-0.25, -0.2) is 13.4 Å². The van der Waals surface area contributed by atoms with Gasteiger partial charge in [-0.2, -0.15) is 13.2 Å². The zero-order valence-corrected chi connectivity index (χ0v) is 27.3. The summed E-state index contributed by atoms with van der Waals surface area (Å²) in [5.41, 5.74) is 6.75. The third-order valence-electron chi connectivity index (χ3n) is 8.02. The molecule has 1 heterocycles. The van der Waals surface area contributed by atoms with Gasteiger partial charge in [0, 0.05) is 47.7 Å². The molecule has 0 spiro atoms. The van der Waals surface area contributed by atoms with Crippen molar-refractivity contribution in [2.24, 2.45) is 10.1 Å². The number of halogens is 3. The van der Waals surface area contributed by atoms with Crippen LogP contribution >= 0.6 is 0 Å². The number of sulfone groups is 1. The average Bonchev–Trinajstić information content (AvgIpc) is 3.51. The normalized spacial score (nSPS) is 17.3. The maximum absolute atomic E-state index is 14.5. The van der Waals surface area contributed by atoms with Crippen LogP contribution in [0.5, 0.6) is 5.75 Å². The van der Waals surface area contributed by atoms with Gasteiger partial charge >= 0.3 is 6.18 Å². The van der Waals surface area contributed by atoms with E-state index >= 15 is 0 Å². The third-order valence-corrected chi connectivity index (χ3v) is 9.75. The van der Waals surface area contributed by atoms with Crippen LogP contribution in [-0.2, 0) is 32.1 Å². The van der Waals surface area contributed by atoms with Gasteiger partial charge in [-0.05, 0) is 53.6 Å². The van der Waals surface area contributed by atoms with Crippen molar-refractivity contribution in [1.29, 1.82) is 0 Å². The van der Waals surface area contributed by atoms with E-state index in [0.717, 1.165) is 6.07 Å². The number of ether oxygens (including phenoxy) is 2. The number of hydrogen-bond acceptors (Lipinski definition) is 8. The summed E-state index contributed by atoms with van der Waals surface area (Å²) in [7, 11) is -4.01. The first kappa shape index (κ1) is 35.9. The van der Waals surface area contributed by atoms with Crippen molar-refractivity contribution < 1.29 is 41.0 Å². The predicted octanol–water partition coefficient (Wildman–Crippen LogP) is 6.85. The molecule has 15 heteroatoms. The van der Waals surface area contributed by atoms with Crippen LogP contribution in [-0.4, -0.2) is 49.8 Å². The first-order valence-corrected chi connectivity index (χ1v) is 17.1. The fraction of sp³-hybridized carbons (Fsp3) is 0.257. The molecule has 260 valence electrons. The van der Waals surface area contributed by atoms with Gasteiger partial charge in [0.15, 0.2) is 21.5 Å². The minimum Gasteiger partial charge on any atom is -0.494 e. The molecule has 0 aliphatic carbocycles. The van der Waals surface area contributed by atoms with Gasteiger partial charge in [0.2, 0.25) is 5.90 Å². The molecule has 0 bridgehead atoms. The monoisotopic (exact) mass is 707 g/mol. The Morgan fingerprint density at radius 2 is 1.68 bits per heavy atom. The standard InChI is InChI=1S/C35H32F3N5O6S/c36-35(37,38)29-13-6-4-9-25(29)23-40-33(45)34(19-22-50(46,47)27-10-2-1-3-11-27)31(28-12-5-7-14-30(28)42-43-39)49-32(41-34)24-15-17-26(18-16-24)48-21-8-20-44/h1-7,9-18,31,44H,8,19-23H2,(H,40,45)/t31-,34-/m1/s1. The van der Waals surface area contributed by atoms with Crippen molar-refractivity contribution in [3.63, 3.8) is 0 Å². The summed E-state index contributed by atoms with van der Waals surface area (Å²) in [5.74, 6) is -1.08. The quantitative estimate of drug-likeness (QED) is 0.0631. The Morgan fingerprint density at radius 3 is 2.38 bits per heavy atom. The number of hydrogen-bond donors (Lipinski definition) is 2. The fourth-order valence-electron chi connectivity index (χ4n) is 5.51. The summed E-state index contributed by atoms with van der Waals surface area (Å²) < 4.78 is 80.6. The summed E-state index contributed by atoms with van der Waals surface area (Å²) in [4.78, 5) is 22.1. The Bertz CT molecular complexity index is 2000. The van der Waals surface area contributed by atoms with E-state index in [4.69, 9.17) is 19.6 Å². The molecule has 1 aliphatic heterocycles. The smallest absolute Gasteiger partial charge is 0.416 e. The van der Waals surface area contributed by atoms with E-state index in [9.17, 15) is 31.9 Å². The predicted molar refractivity (Wildman–Crippen MR) is 178 cm³/mol. The number of nitrogens with one attached hydrogen (secondary N) is 1. The van der Waals surface area contributed by atoms with Crippen molar-refractivity contribution in [1.82, 2.24) is 5.32 Å². The van der Waals surface area contributed by atoms with E-state index in [1.807, 2.05) is 0 Å². The van der Waals surface area contributed by atoms with Gasteiger partial charge in [0.05, 0.1) is 22.8 Å². The summed E-state index contributed by atoms with van der Waals surface area (Å²) in [5, 5.41) is 15.4. The highest BCUT2D eigenvalue weighted by atomic mass is 32.2. The van der Waals surface area contributed by atoms with Gasteiger partial charge in [-0.1, -0.05) is 65.8 Å². The molecule has 1 amide bonds. The van der Waals surface area contributed by atoms with Crippen LogP contribution in [0.3, 0.4) is 0 Å². The molecule has 0 unspecified atom stereocenters. The van der Waals surface area contributed by atoms with Crippen molar-refractivity contribution in [3.05, 3.63) is 136 Å². The lowest BCUT2D eigenvalue weighted by molar-refractivity contribution is -0.138. The van der Waals surface area contributed by atoms with E-state index in [1.165, 1.54) is 42.5 Å². The number of aliphatic imine (C=N–C) groups is 1. The topological polar surface area (TPSA) is 163 Å². The molecule has 1 aliphatic rings. The van der Waals surface area contributed by atoms with E-state index in [0.29, 0.717) is 17.7 Å². The highest BCUT2D eigenvalue weighted by Crippen LogP contribution is 2.46. The van der Waals surface area contributed by atoms with Crippen LogP contribution in [0, 0.1) is 0 Å². The van der Waals surface area contributed by atoms with Crippen molar-refractivity contribution in [2.75, 3.05) is 19.0 Å². The Balaban J connectivity index is 1.61. The Labute approximate surface area is 285 Å². The van der Waals surface area contributed by atoms with Crippen molar-refractivity contribution >= 4 is 27.3 Å². The van der Waals surface area contributed by atoms with Crippen LogP contribution in [0.4, 0.5) is 18.9 Å². The molecule has 50 heavy (non-hydrogen) atoms. The van der Waals surface area contributed by atoms with E-state index in [1.54, 1.807) is 54.6 Å². The molecule has 4 aromatic carbocycles. The molecule has 0 fully saturated rings. The van der Waals surface area contributed by atoms with Gasteiger partial charge in [0.25, 0.3) is 5.91 Å². The molecule has 0 saturated carbocycles. The SMILES string of the molecule is [N-]=[N+]=Nc1ccccc1[C@H]1OC(c2ccc(OCCCO)cc2)=N[C@@]1(CCS(=O)(=O)c1ccccc1)C(=O)NCc1ccccc1C(F)(F)F. The number of amides is 1. The Hall–Kier alpha value is -5.37. The second kappa shape index (κ2) is 15.5. The first-order chi connectivity index (χ1) is 24.0. The van der Waals surface area contributed by atoms with Crippen LogP contribution in [0.15, 0.2) is 118 Å². The maximum Gasteiger partial charge on any atom is 0.416 e. The highest BCUT2D eigenvalue weighted by Gasteiger charge is 2.54. The molecular weight excluding hydrogens is 675 g/mol. The minimum atomic E-state index is -4.70. The molecule has 2 atom stereocenters. The lowest BCUT2D eigenvalue weighted by Crippen LogP contribution is -2.49. The number of nitrogens with zero attached hydrogens (tertiary/aromatic N) is 4. The number of aliphatic hydroxyl groups excluding tert-OH is 1. The number of azide groups is 1.